The minimum absolute atomic E-state index is 0.104. The number of carbonyl (C=O) groups is 1. The van der Waals surface area contributed by atoms with Crippen LogP contribution in [0.4, 0.5) is 5.69 Å². The number of aromatic nitrogens is 2. The lowest BCUT2D eigenvalue weighted by Gasteiger charge is -2.08. The number of nitrogens with zero attached hydrogens (tertiary/aromatic N) is 1. The summed E-state index contributed by atoms with van der Waals surface area (Å²) in [5.74, 6) is 0.486. The molecule has 0 saturated carbocycles. The summed E-state index contributed by atoms with van der Waals surface area (Å²) in [5, 5.41) is 2.87. The van der Waals surface area contributed by atoms with Gasteiger partial charge < -0.3 is 10.3 Å². The van der Waals surface area contributed by atoms with Gasteiger partial charge in [0, 0.05) is 23.4 Å². The molecule has 5 nitrogen and oxygen atoms in total. The molecule has 1 aromatic heterocycles. The molecule has 0 atom stereocenters. The average molecular weight is 299 g/mol. The van der Waals surface area contributed by atoms with E-state index < -0.39 is 0 Å². The van der Waals surface area contributed by atoms with Crippen molar-refractivity contribution in [1.29, 1.82) is 0 Å². The second kappa shape index (κ2) is 7.02. The summed E-state index contributed by atoms with van der Waals surface area (Å²) in [7, 11) is 0. The number of hydrogen-bond acceptors (Lipinski definition) is 3. The molecule has 0 spiro atoms. The minimum Gasteiger partial charge on any atom is -0.326 e. The first-order valence-electron chi connectivity index (χ1n) is 7.44. The molecule has 22 heavy (non-hydrogen) atoms. The van der Waals surface area contributed by atoms with Crippen LogP contribution in [0.3, 0.4) is 0 Å². The molecule has 0 unspecified atom stereocenters. The predicted molar refractivity (Wildman–Crippen MR) is 87.1 cm³/mol. The van der Waals surface area contributed by atoms with Crippen molar-refractivity contribution in [3.8, 4) is 0 Å². The Morgan fingerprint density at radius 3 is 2.77 bits per heavy atom. The number of amides is 1. The molecule has 2 N–H and O–H groups in total. The number of aromatic amines is 1. The van der Waals surface area contributed by atoms with E-state index in [1.54, 1.807) is 13.8 Å². The molecular formula is C17H21N3O2. The van der Waals surface area contributed by atoms with Crippen LogP contribution in [-0.2, 0) is 17.6 Å². The van der Waals surface area contributed by atoms with Crippen LogP contribution < -0.4 is 10.9 Å². The van der Waals surface area contributed by atoms with Gasteiger partial charge in [-0.05, 0) is 44.4 Å². The number of aryl methyl sites for hydroxylation is 3. The quantitative estimate of drug-likeness (QED) is 0.891. The van der Waals surface area contributed by atoms with E-state index in [0.29, 0.717) is 23.5 Å². The molecule has 2 aromatic rings. The van der Waals surface area contributed by atoms with E-state index in [4.69, 9.17) is 0 Å². The molecule has 0 saturated heterocycles. The fourth-order valence-corrected chi connectivity index (χ4v) is 2.38. The molecule has 5 heteroatoms. The molecule has 0 aliphatic heterocycles. The van der Waals surface area contributed by atoms with Gasteiger partial charge in [0.2, 0.25) is 5.91 Å². The maximum absolute atomic E-state index is 12.0. The Labute approximate surface area is 129 Å². The second-order valence-electron chi connectivity index (χ2n) is 5.32. The van der Waals surface area contributed by atoms with Crippen LogP contribution in [0, 0.1) is 13.8 Å². The summed E-state index contributed by atoms with van der Waals surface area (Å²) in [6.07, 6.45) is 1.56. The summed E-state index contributed by atoms with van der Waals surface area (Å²) in [4.78, 5) is 30.8. The number of anilines is 1. The summed E-state index contributed by atoms with van der Waals surface area (Å²) in [6.45, 7) is 5.60. The third-order valence-electron chi connectivity index (χ3n) is 3.56. The molecule has 1 heterocycles. The highest BCUT2D eigenvalue weighted by atomic mass is 16.1. The highest BCUT2D eigenvalue weighted by molar-refractivity contribution is 5.90. The minimum atomic E-state index is -0.161. The number of rotatable bonds is 5. The average Bonchev–Trinajstić information content (AvgIpc) is 2.46. The lowest BCUT2D eigenvalue weighted by atomic mass is 10.1. The normalized spacial score (nSPS) is 10.5. The van der Waals surface area contributed by atoms with Gasteiger partial charge in [-0.15, -0.1) is 0 Å². The van der Waals surface area contributed by atoms with Crippen molar-refractivity contribution in [2.75, 3.05) is 5.32 Å². The number of hydrogen-bond donors (Lipinski definition) is 2. The van der Waals surface area contributed by atoms with Gasteiger partial charge in [-0.2, -0.15) is 0 Å². The van der Waals surface area contributed by atoms with Gasteiger partial charge in [-0.1, -0.05) is 19.1 Å². The summed E-state index contributed by atoms with van der Waals surface area (Å²) < 4.78 is 0. The van der Waals surface area contributed by atoms with E-state index in [1.165, 1.54) is 5.56 Å². The molecule has 0 aliphatic rings. The van der Waals surface area contributed by atoms with Crippen LogP contribution in [0.25, 0.3) is 0 Å². The largest absolute Gasteiger partial charge is 0.326 e. The SMILES string of the molecule is CCc1cccc(NC(=O)CCc2c(C)nc(C)[nH]c2=O)c1. The van der Waals surface area contributed by atoms with Crippen molar-refractivity contribution in [2.24, 2.45) is 0 Å². The fourth-order valence-electron chi connectivity index (χ4n) is 2.38. The Kier molecular flexibility index (Phi) is 5.09. The lowest BCUT2D eigenvalue weighted by Crippen LogP contribution is -2.20. The van der Waals surface area contributed by atoms with E-state index in [-0.39, 0.29) is 17.9 Å². The molecule has 1 aromatic carbocycles. The third kappa shape index (κ3) is 4.04. The Morgan fingerprint density at radius 2 is 2.09 bits per heavy atom. The summed E-state index contributed by atoms with van der Waals surface area (Å²) >= 11 is 0. The van der Waals surface area contributed by atoms with Crippen molar-refractivity contribution < 1.29 is 4.79 Å². The smallest absolute Gasteiger partial charge is 0.254 e. The highest BCUT2D eigenvalue weighted by Gasteiger charge is 2.10. The molecule has 0 aliphatic carbocycles. The van der Waals surface area contributed by atoms with Crippen LogP contribution in [0.1, 0.15) is 36.0 Å². The highest BCUT2D eigenvalue weighted by Crippen LogP contribution is 2.12. The standard InChI is InChI=1S/C17H21N3O2/c1-4-13-6-5-7-14(10-13)20-16(21)9-8-15-11(2)18-12(3)19-17(15)22/h5-7,10H,4,8-9H2,1-3H3,(H,20,21)(H,18,19,22). The van der Waals surface area contributed by atoms with Crippen LogP contribution in [0.15, 0.2) is 29.1 Å². The van der Waals surface area contributed by atoms with Crippen LogP contribution >= 0.6 is 0 Å². The maximum atomic E-state index is 12.0. The van der Waals surface area contributed by atoms with Crippen LogP contribution in [-0.4, -0.2) is 15.9 Å². The van der Waals surface area contributed by atoms with Crippen molar-refractivity contribution in [3.63, 3.8) is 0 Å². The zero-order valence-corrected chi connectivity index (χ0v) is 13.2. The fraction of sp³-hybridized carbons (Fsp3) is 0.353. The van der Waals surface area contributed by atoms with E-state index in [1.807, 2.05) is 24.3 Å². The van der Waals surface area contributed by atoms with E-state index in [0.717, 1.165) is 12.1 Å². The Bertz CT molecular complexity index is 735. The first kappa shape index (κ1) is 15.9. The van der Waals surface area contributed by atoms with Crippen LogP contribution in [0.2, 0.25) is 0 Å². The first-order valence-corrected chi connectivity index (χ1v) is 7.44. The number of carbonyl (C=O) groups excluding carboxylic acids is 1. The van der Waals surface area contributed by atoms with Crippen molar-refractivity contribution in [2.45, 2.75) is 40.0 Å². The molecule has 116 valence electrons. The molecule has 0 fully saturated rings. The molecule has 2 rings (SSSR count). The molecule has 0 bridgehead atoms. The first-order chi connectivity index (χ1) is 10.5. The van der Waals surface area contributed by atoms with Gasteiger partial charge in [0.15, 0.2) is 0 Å². The third-order valence-corrected chi connectivity index (χ3v) is 3.56. The zero-order chi connectivity index (χ0) is 16.1. The molecular weight excluding hydrogens is 278 g/mol. The predicted octanol–water partition coefficient (Wildman–Crippen LogP) is 2.52. The number of nitrogens with one attached hydrogen (secondary N) is 2. The van der Waals surface area contributed by atoms with Crippen LogP contribution in [0.5, 0.6) is 0 Å². The van der Waals surface area contributed by atoms with Gasteiger partial charge in [-0.3, -0.25) is 9.59 Å². The van der Waals surface area contributed by atoms with Crippen molar-refractivity contribution >= 4 is 11.6 Å². The van der Waals surface area contributed by atoms with Crippen molar-refractivity contribution in [1.82, 2.24) is 9.97 Å². The van der Waals surface area contributed by atoms with E-state index in [2.05, 4.69) is 22.2 Å². The maximum Gasteiger partial charge on any atom is 0.254 e. The monoisotopic (exact) mass is 299 g/mol. The van der Waals surface area contributed by atoms with Gasteiger partial charge >= 0.3 is 0 Å². The lowest BCUT2D eigenvalue weighted by molar-refractivity contribution is -0.116. The number of H-pyrrole nitrogens is 1. The van der Waals surface area contributed by atoms with Gasteiger partial charge in [0.1, 0.15) is 5.82 Å². The number of benzene rings is 1. The topological polar surface area (TPSA) is 74.8 Å². The second-order valence-corrected chi connectivity index (χ2v) is 5.32. The Balaban J connectivity index is 2.00. The summed E-state index contributed by atoms with van der Waals surface area (Å²) in [6, 6.07) is 7.77. The van der Waals surface area contributed by atoms with Gasteiger partial charge in [-0.25, -0.2) is 4.98 Å². The molecule has 0 radical (unpaired) electrons. The zero-order valence-electron chi connectivity index (χ0n) is 13.2. The summed E-state index contributed by atoms with van der Waals surface area (Å²) in [5.41, 5.74) is 3.06. The Hall–Kier alpha value is -2.43. The molecule has 1 amide bonds. The van der Waals surface area contributed by atoms with Gasteiger partial charge in [0.25, 0.3) is 5.56 Å². The van der Waals surface area contributed by atoms with Gasteiger partial charge in [0.05, 0.1) is 0 Å². The van der Waals surface area contributed by atoms with Crippen molar-refractivity contribution in [3.05, 3.63) is 57.3 Å². The Morgan fingerprint density at radius 1 is 1.32 bits per heavy atom. The van der Waals surface area contributed by atoms with E-state index in [9.17, 15) is 9.59 Å². The van der Waals surface area contributed by atoms with E-state index >= 15 is 0 Å².